The van der Waals surface area contributed by atoms with Gasteiger partial charge in [0.1, 0.15) is 6.61 Å². The maximum atomic E-state index is 12.5. The van der Waals surface area contributed by atoms with E-state index in [1.807, 2.05) is 23.1 Å². The number of nitrogens with one attached hydrogen (secondary N) is 1. The summed E-state index contributed by atoms with van der Waals surface area (Å²) in [5.41, 5.74) is 2.33. The van der Waals surface area contributed by atoms with Crippen LogP contribution in [-0.2, 0) is 16.0 Å². The zero-order valence-corrected chi connectivity index (χ0v) is 12.7. The highest BCUT2D eigenvalue weighted by molar-refractivity contribution is 5.95. The van der Waals surface area contributed by atoms with Crippen LogP contribution >= 0.6 is 0 Å². The van der Waals surface area contributed by atoms with Gasteiger partial charge >= 0.3 is 0 Å². The summed E-state index contributed by atoms with van der Waals surface area (Å²) < 4.78 is 5.82. The second-order valence-electron chi connectivity index (χ2n) is 6.20. The third-order valence-corrected chi connectivity index (χ3v) is 4.37. The molecule has 1 unspecified atom stereocenters. The summed E-state index contributed by atoms with van der Waals surface area (Å²) in [5, 5.41) is 3.31. The van der Waals surface area contributed by atoms with E-state index in [1.165, 1.54) is 5.56 Å². The van der Waals surface area contributed by atoms with Crippen LogP contribution in [-0.4, -0.2) is 38.3 Å². The third kappa shape index (κ3) is 3.44. The van der Waals surface area contributed by atoms with E-state index < -0.39 is 0 Å². The average molecular weight is 288 g/mol. The molecule has 0 radical (unpaired) electrons. The summed E-state index contributed by atoms with van der Waals surface area (Å²) in [7, 11) is 0. The number of anilines is 1. The van der Waals surface area contributed by atoms with Gasteiger partial charge in [0.05, 0.1) is 6.10 Å². The molecule has 0 saturated carbocycles. The fourth-order valence-electron chi connectivity index (χ4n) is 3.26. The van der Waals surface area contributed by atoms with E-state index in [1.54, 1.807) is 0 Å². The molecule has 1 saturated heterocycles. The first-order chi connectivity index (χ1) is 10.2. The number of para-hydroxylation sites is 1. The monoisotopic (exact) mass is 288 g/mol. The number of nitrogens with zero attached hydrogens (tertiary/aromatic N) is 1. The number of hydrogen-bond donors (Lipinski definition) is 1. The fourth-order valence-corrected chi connectivity index (χ4v) is 3.26. The molecule has 1 aromatic carbocycles. The second kappa shape index (κ2) is 6.58. The molecule has 0 spiro atoms. The van der Waals surface area contributed by atoms with Crippen molar-refractivity contribution < 1.29 is 9.53 Å². The average Bonchev–Trinajstić information content (AvgIpc) is 2.52. The smallest absolute Gasteiger partial charge is 0.253 e. The SMILES string of the molecule is CC1Cc2ccccc2N(C(=O)COC2CCNCC2)C1. The lowest BCUT2D eigenvalue weighted by Crippen LogP contribution is -2.42. The Hall–Kier alpha value is -1.39. The first-order valence-corrected chi connectivity index (χ1v) is 7.94. The minimum atomic E-state index is 0.0903. The summed E-state index contributed by atoms with van der Waals surface area (Å²) in [6, 6.07) is 8.22. The molecule has 3 rings (SSSR count). The number of carbonyl (C=O) groups excluding carboxylic acids is 1. The molecule has 1 aromatic rings. The van der Waals surface area contributed by atoms with Crippen molar-refractivity contribution in [2.45, 2.75) is 32.3 Å². The van der Waals surface area contributed by atoms with Gasteiger partial charge in [0.15, 0.2) is 0 Å². The molecule has 4 nitrogen and oxygen atoms in total. The van der Waals surface area contributed by atoms with Gasteiger partial charge in [-0.05, 0) is 49.9 Å². The predicted octanol–water partition coefficient (Wildman–Crippen LogP) is 1.98. The highest BCUT2D eigenvalue weighted by atomic mass is 16.5. The van der Waals surface area contributed by atoms with Crippen LogP contribution in [0.25, 0.3) is 0 Å². The first-order valence-electron chi connectivity index (χ1n) is 7.94. The number of carbonyl (C=O) groups is 1. The third-order valence-electron chi connectivity index (χ3n) is 4.37. The van der Waals surface area contributed by atoms with E-state index in [-0.39, 0.29) is 18.6 Å². The lowest BCUT2D eigenvalue weighted by Gasteiger charge is -2.33. The van der Waals surface area contributed by atoms with Gasteiger partial charge in [-0.15, -0.1) is 0 Å². The van der Waals surface area contributed by atoms with Gasteiger partial charge in [-0.1, -0.05) is 25.1 Å². The Morgan fingerprint density at radius 3 is 2.90 bits per heavy atom. The summed E-state index contributed by atoms with van der Waals surface area (Å²) >= 11 is 0. The first kappa shape index (κ1) is 14.5. The molecule has 4 heteroatoms. The summed E-state index contributed by atoms with van der Waals surface area (Å²) in [6.45, 7) is 5.17. The molecule has 2 aliphatic heterocycles. The molecule has 0 aliphatic carbocycles. The highest BCUT2D eigenvalue weighted by Crippen LogP contribution is 2.29. The Morgan fingerprint density at radius 2 is 2.10 bits per heavy atom. The van der Waals surface area contributed by atoms with E-state index in [0.717, 1.165) is 44.6 Å². The predicted molar refractivity (Wildman–Crippen MR) is 83.5 cm³/mol. The van der Waals surface area contributed by atoms with E-state index in [4.69, 9.17) is 4.74 Å². The van der Waals surface area contributed by atoms with Crippen molar-refractivity contribution in [2.75, 3.05) is 31.1 Å². The molecule has 1 atom stereocenters. The van der Waals surface area contributed by atoms with Crippen LogP contribution < -0.4 is 10.2 Å². The van der Waals surface area contributed by atoms with Crippen LogP contribution in [0, 0.1) is 5.92 Å². The molecule has 2 heterocycles. The van der Waals surface area contributed by atoms with E-state index in [9.17, 15) is 4.79 Å². The molecule has 1 fully saturated rings. The summed E-state index contributed by atoms with van der Waals surface area (Å²) in [6.07, 6.45) is 3.28. The molecular formula is C17H24N2O2. The number of ether oxygens (including phenoxy) is 1. The summed E-state index contributed by atoms with van der Waals surface area (Å²) in [5.74, 6) is 0.593. The van der Waals surface area contributed by atoms with Crippen molar-refractivity contribution in [3.63, 3.8) is 0 Å². The number of benzene rings is 1. The van der Waals surface area contributed by atoms with Crippen molar-refractivity contribution in [1.29, 1.82) is 0 Å². The number of fused-ring (bicyclic) bond motifs is 1. The van der Waals surface area contributed by atoms with Crippen LogP contribution in [0.15, 0.2) is 24.3 Å². The Kier molecular flexibility index (Phi) is 4.56. The lowest BCUT2D eigenvalue weighted by atomic mass is 9.94. The maximum absolute atomic E-state index is 12.5. The Morgan fingerprint density at radius 1 is 1.33 bits per heavy atom. The van der Waals surface area contributed by atoms with Crippen LogP contribution in [0.2, 0.25) is 0 Å². The van der Waals surface area contributed by atoms with Crippen molar-refractivity contribution >= 4 is 11.6 Å². The minimum absolute atomic E-state index is 0.0903. The minimum Gasteiger partial charge on any atom is -0.368 e. The van der Waals surface area contributed by atoms with Gasteiger partial charge in [0.25, 0.3) is 5.91 Å². The van der Waals surface area contributed by atoms with Crippen LogP contribution in [0.3, 0.4) is 0 Å². The quantitative estimate of drug-likeness (QED) is 0.924. The van der Waals surface area contributed by atoms with E-state index in [2.05, 4.69) is 18.3 Å². The van der Waals surface area contributed by atoms with Gasteiger partial charge in [-0.25, -0.2) is 0 Å². The zero-order chi connectivity index (χ0) is 14.7. The van der Waals surface area contributed by atoms with E-state index in [0.29, 0.717) is 5.92 Å². The van der Waals surface area contributed by atoms with Gasteiger partial charge in [0, 0.05) is 12.2 Å². The summed E-state index contributed by atoms with van der Waals surface area (Å²) in [4.78, 5) is 14.4. The van der Waals surface area contributed by atoms with Crippen molar-refractivity contribution in [1.82, 2.24) is 5.32 Å². The topological polar surface area (TPSA) is 41.6 Å². The number of amides is 1. The molecule has 1 amide bonds. The highest BCUT2D eigenvalue weighted by Gasteiger charge is 2.26. The molecule has 1 N–H and O–H groups in total. The standard InChI is InChI=1S/C17H24N2O2/c1-13-10-14-4-2-3-5-16(14)19(11-13)17(20)12-21-15-6-8-18-9-7-15/h2-5,13,15,18H,6-12H2,1H3. The molecule has 0 aromatic heterocycles. The van der Waals surface area contributed by atoms with Crippen LogP contribution in [0.4, 0.5) is 5.69 Å². The van der Waals surface area contributed by atoms with Gasteiger partial charge in [-0.2, -0.15) is 0 Å². The molecule has 2 aliphatic rings. The second-order valence-corrected chi connectivity index (χ2v) is 6.20. The van der Waals surface area contributed by atoms with Gasteiger partial charge in [0.2, 0.25) is 0 Å². The van der Waals surface area contributed by atoms with Crippen molar-refractivity contribution in [3.05, 3.63) is 29.8 Å². The molecule has 21 heavy (non-hydrogen) atoms. The van der Waals surface area contributed by atoms with Crippen LogP contribution in [0.1, 0.15) is 25.3 Å². The Balaban J connectivity index is 1.64. The Bertz CT molecular complexity index is 497. The molecule has 114 valence electrons. The molecule has 0 bridgehead atoms. The van der Waals surface area contributed by atoms with Gasteiger partial charge < -0.3 is 15.0 Å². The number of piperidine rings is 1. The zero-order valence-electron chi connectivity index (χ0n) is 12.7. The number of rotatable bonds is 3. The normalized spacial score (nSPS) is 22.9. The lowest BCUT2D eigenvalue weighted by molar-refractivity contribution is -0.125. The van der Waals surface area contributed by atoms with Gasteiger partial charge in [-0.3, -0.25) is 4.79 Å². The van der Waals surface area contributed by atoms with Crippen LogP contribution in [0.5, 0.6) is 0 Å². The van der Waals surface area contributed by atoms with E-state index >= 15 is 0 Å². The fraction of sp³-hybridized carbons (Fsp3) is 0.588. The Labute approximate surface area is 126 Å². The largest absolute Gasteiger partial charge is 0.368 e. The maximum Gasteiger partial charge on any atom is 0.253 e. The van der Waals surface area contributed by atoms with Crippen molar-refractivity contribution in [2.24, 2.45) is 5.92 Å². The van der Waals surface area contributed by atoms with Crippen molar-refractivity contribution in [3.8, 4) is 0 Å². The molecular weight excluding hydrogens is 264 g/mol. The number of hydrogen-bond acceptors (Lipinski definition) is 3.